The molecule has 7 N–H and O–H groups in total. The maximum absolute atomic E-state index is 11.8. The molecule has 3 rings (SSSR count). The first-order valence-electron chi connectivity index (χ1n) is 8.16. The van der Waals surface area contributed by atoms with Gasteiger partial charge in [0.25, 0.3) is 0 Å². The normalized spacial score (nSPS) is 26.5. The summed E-state index contributed by atoms with van der Waals surface area (Å²) in [6, 6.07) is -0.311. The molecule has 5 atom stereocenters. The fraction of sp³-hybridized carbons (Fsp3) is 0.545. The molecular weight excluding hydrogens is 471 g/mol. The number of aliphatic hydroxyl groups excluding tert-OH is 1. The summed E-state index contributed by atoms with van der Waals surface area (Å²) in [5.41, 5.74) is 6.55. The van der Waals surface area contributed by atoms with Crippen molar-refractivity contribution in [1.29, 1.82) is 0 Å². The predicted molar refractivity (Wildman–Crippen MR) is 97.3 cm³/mol. The molecule has 2 aromatic rings. The highest BCUT2D eigenvalue weighted by Gasteiger charge is 2.42. The van der Waals surface area contributed by atoms with E-state index in [0.717, 1.165) is 0 Å². The molecule has 1 aliphatic rings. The molecule has 0 radical (unpaired) electrons. The Kier molecular flexibility index (Phi) is 6.50. The van der Waals surface area contributed by atoms with Gasteiger partial charge in [-0.25, -0.2) is 28.6 Å². The van der Waals surface area contributed by atoms with Crippen LogP contribution in [0.1, 0.15) is 18.9 Å². The smallest absolute Gasteiger partial charge is 0.393 e. The van der Waals surface area contributed by atoms with Crippen LogP contribution < -0.4 is 5.73 Å². The van der Waals surface area contributed by atoms with Gasteiger partial charge in [0.1, 0.15) is 11.8 Å². The minimum atomic E-state index is -5.60. The molecule has 1 aliphatic carbocycles. The molecule has 1 saturated carbocycles. The third-order valence-electron chi connectivity index (χ3n) is 4.28. The maximum Gasteiger partial charge on any atom is 0.490 e. The molecule has 2 heterocycles. The molecule has 19 heteroatoms. The molecule has 0 aliphatic heterocycles. The number of imidazole rings is 1. The number of hydrogen-bond donors (Lipinski definition) is 6. The van der Waals surface area contributed by atoms with Gasteiger partial charge in [-0.3, -0.25) is 4.52 Å². The number of aromatic nitrogens is 4. The molecule has 2 aromatic heterocycles. The summed E-state index contributed by atoms with van der Waals surface area (Å²) in [4.78, 5) is 47.8. The van der Waals surface area contributed by atoms with Gasteiger partial charge in [0.2, 0.25) is 0 Å². The molecule has 30 heavy (non-hydrogen) atoms. The van der Waals surface area contributed by atoms with Crippen LogP contribution >= 0.6 is 23.5 Å². The van der Waals surface area contributed by atoms with E-state index in [-0.39, 0.29) is 24.7 Å². The summed E-state index contributed by atoms with van der Waals surface area (Å²) in [6.07, 6.45) is 2.23. The Morgan fingerprint density at radius 1 is 1.07 bits per heavy atom. The van der Waals surface area contributed by atoms with E-state index in [1.807, 2.05) is 0 Å². The van der Waals surface area contributed by atoms with E-state index >= 15 is 0 Å². The lowest BCUT2D eigenvalue weighted by Crippen LogP contribution is -2.18. The highest BCUT2D eigenvalue weighted by molar-refractivity contribution is 7.66. The van der Waals surface area contributed by atoms with Gasteiger partial charge in [0.05, 0.1) is 19.0 Å². The Labute approximate surface area is 168 Å². The summed E-state index contributed by atoms with van der Waals surface area (Å²) in [7, 11) is -16.3. The number of rotatable bonds is 8. The monoisotopic (exact) mass is 489 g/mol. The molecule has 0 spiro atoms. The third kappa shape index (κ3) is 5.69. The largest absolute Gasteiger partial charge is 0.490 e. The highest BCUT2D eigenvalue weighted by atomic mass is 31.3. The average Bonchev–Trinajstić information content (AvgIpc) is 3.14. The second-order valence-corrected chi connectivity index (χ2v) is 10.8. The number of nitrogens with two attached hydrogens (primary N) is 1. The van der Waals surface area contributed by atoms with Crippen molar-refractivity contribution in [2.45, 2.75) is 25.0 Å². The number of phosphoric ester groups is 1. The van der Waals surface area contributed by atoms with Crippen molar-refractivity contribution >= 4 is 40.4 Å². The number of nitrogens with zero attached hydrogens (tertiary/aromatic N) is 4. The summed E-state index contributed by atoms with van der Waals surface area (Å²) in [6.45, 7) is -0.564. The van der Waals surface area contributed by atoms with Gasteiger partial charge >= 0.3 is 23.5 Å². The van der Waals surface area contributed by atoms with Gasteiger partial charge in [-0.2, -0.15) is 8.62 Å². The minimum absolute atomic E-state index is 0.182. The van der Waals surface area contributed by atoms with Crippen molar-refractivity contribution in [3.8, 4) is 0 Å². The topological polar surface area (TPSA) is 250 Å². The van der Waals surface area contributed by atoms with Crippen LogP contribution in [0.15, 0.2) is 12.7 Å². The van der Waals surface area contributed by atoms with Crippen LogP contribution in [0.2, 0.25) is 0 Å². The van der Waals surface area contributed by atoms with E-state index < -0.39 is 42.1 Å². The maximum atomic E-state index is 11.8. The first-order valence-corrected chi connectivity index (χ1v) is 12.7. The van der Waals surface area contributed by atoms with E-state index in [1.54, 1.807) is 4.57 Å². The Hall–Kier alpha value is -1.28. The van der Waals surface area contributed by atoms with Crippen molar-refractivity contribution in [3.05, 3.63) is 12.7 Å². The summed E-state index contributed by atoms with van der Waals surface area (Å²) >= 11 is 0. The molecule has 0 amide bonds. The molecular formula is C11H18N5O11P3. The zero-order chi connectivity index (χ0) is 22.3. The zero-order valence-electron chi connectivity index (χ0n) is 14.9. The SMILES string of the molecule is Nc1ncnc2c1ncn2[C@H]1CC(O)[C@@H](COP(=O)(O)OP(=O)(O)OP(=O)(O)O)C1. The number of hydrogen-bond acceptors (Lipinski definition) is 11. The third-order valence-corrected chi connectivity index (χ3v) is 8.08. The highest BCUT2D eigenvalue weighted by Crippen LogP contribution is 2.66. The Morgan fingerprint density at radius 2 is 1.77 bits per heavy atom. The predicted octanol–water partition coefficient (Wildman–Crippen LogP) is 0.0638. The van der Waals surface area contributed by atoms with Crippen molar-refractivity contribution in [1.82, 2.24) is 19.5 Å². The summed E-state index contributed by atoms with van der Waals surface area (Å²) in [5, 5.41) is 10.3. The first-order chi connectivity index (χ1) is 13.8. The van der Waals surface area contributed by atoms with Crippen LogP contribution in [0.5, 0.6) is 0 Å². The van der Waals surface area contributed by atoms with E-state index in [2.05, 4.69) is 28.1 Å². The number of aliphatic hydroxyl groups is 1. The van der Waals surface area contributed by atoms with Gasteiger partial charge in [-0.05, 0) is 12.8 Å². The average molecular weight is 489 g/mol. The van der Waals surface area contributed by atoms with Gasteiger partial charge in [-0.1, -0.05) is 0 Å². The molecule has 16 nitrogen and oxygen atoms in total. The molecule has 0 aromatic carbocycles. The second-order valence-electron chi connectivity index (χ2n) is 6.42. The van der Waals surface area contributed by atoms with Crippen LogP contribution in [0.4, 0.5) is 5.82 Å². The van der Waals surface area contributed by atoms with Crippen molar-refractivity contribution in [2.75, 3.05) is 12.3 Å². The quantitative estimate of drug-likeness (QED) is 0.268. The van der Waals surface area contributed by atoms with Crippen molar-refractivity contribution in [2.24, 2.45) is 5.92 Å². The fourth-order valence-corrected chi connectivity index (χ4v) is 6.19. The number of phosphoric acid groups is 3. The second kappa shape index (κ2) is 8.34. The van der Waals surface area contributed by atoms with E-state index in [9.17, 15) is 23.7 Å². The van der Waals surface area contributed by atoms with Gasteiger partial charge < -0.3 is 35.0 Å². The van der Waals surface area contributed by atoms with Crippen LogP contribution in [-0.2, 0) is 26.8 Å². The van der Waals surface area contributed by atoms with Crippen molar-refractivity contribution < 1.29 is 51.5 Å². The molecule has 0 saturated heterocycles. The van der Waals surface area contributed by atoms with E-state index in [0.29, 0.717) is 11.2 Å². The Balaban J connectivity index is 1.64. The standard InChI is InChI=1S/C11H18N5O11P3/c12-10-9-11(14-4-13-10)16(5-15-9)7-1-6(8(17)2-7)3-25-29(21,22)27-30(23,24)26-28(18,19)20/h4-8,17H,1-3H2,(H,21,22)(H,23,24)(H2,12,13,14)(H2,18,19,20)/t6-,7-,8?/m1/s1. The molecule has 0 bridgehead atoms. The van der Waals surface area contributed by atoms with Crippen LogP contribution in [0.3, 0.4) is 0 Å². The van der Waals surface area contributed by atoms with E-state index in [1.165, 1.54) is 12.7 Å². The minimum Gasteiger partial charge on any atom is -0.393 e. The summed E-state index contributed by atoms with van der Waals surface area (Å²) in [5.74, 6) is -0.502. The van der Waals surface area contributed by atoms with Crippen LogP contribution in [0.25, 0.3) is 11.2 Å². The number of nitrogen functional groups attached to an aromatic ring is 1. The first kappa shape index (κ1) is 23.4. The summed E-state index contributed by atoms with van der Waals surface area (Å²) < 4.78 is 47.3. The Morgan fingerprint density at radius 3 is 2.43 bits per heavy atom. The van der Waals surface area contributed by atoms with E-state index in [4.69, 9.17) is 20.4 Å². The molecule has 168 valence electrons. The lowest BCUT2D eigenvalue weighted by Gasteiger charge is -2.19. The lowest BCUT2D eigenvalue weighted by molar-refractivity contribution is 0.0834. The van der Waals surface area contributed by atoms with Gasteiger partial charge in [-0.15, -0.1) is 0 Å². The fourth-order valence-electron chi connectivity index (χ4n) is 3.11. The number of anilines is 1. The van der Waals surface area contributed by atoms with Gasteiger partial charge in [0, 0.05) is 12.0 Å². The lowest BCUT2D eigenvalue weighted by atomic mass is 10.1. The molecule has 3 unspecified atom stereocenters. The Bertz CT molecular complexity index is 1070. The van der Waals surface area contributed by atoms with Crippen molar-refractivity contribution in [3.63, 3.8) is 0 Å². The zero-order valence-corrected chi connectivity index (χ0v) is 17.6. The van der Waals surface area contributed by atoms with Gasteiger partial charge in [0.15, 0.2) is 11.5 Å². The molecule has 1 fully saturated rings. The van der Waals surface area contributed by atoms with Crippen LogP contribution in [-0.4, -0.2) is 56.9 Å². The number of fused-ring (bicyclic) bond motifs is 1. The van der Waals surface area contributed by atoms with Crippen LogP contribution in [0, 0.1) is 5.92 Å².